The first kappa shape index (κ1) is 15.1. The lowest BCUT2D eigenvalue weighted by atomic mass is 10.1. The average molecular weight is 310 g/mol. The van der Waals surface area contributed by atoms with Gasteiger partial charge in [-0.05, 0) is 36.8 Å². The van der Waals surface area contributed by atoms with Crippen LogP contribution in [0.2, 0.25) is 0 Å². The van der Waals surface area contributed by atoms with Crippen LogP contribution in [-0.4, -0.2) is 25.5 Å². The van der Waals surface area contributed by atoms with Crippen LogP contribution in [0, 0.1) is 6.92 Å². The molecule has 0 radical (unpaired) electrons. The van der Waals surface area contributed by atoms with Gasteiger partial charge in [0.2, 0.25) is 0 Å². The van der Waals surface area contributed by atoms with Crippen molar-refractivity contribution in [3.8, 4) is 5.75 Å². The monoisotopic (exact) mass is 310 g/mol. The maximum atomic E-state index is 12.1. The summed E-state index contributed by atoms with van der Waals surface area (Å²) in [5.41, 5.74) is 3.38. The molecule has 118 valence electrons. The lowest BCUT2D eigenvalue weighted by Gasteiger charge is -2.26. The number of nitrogens with zero attached hydrogens (tertiary/aromatic N) is 1. The van der Waals surface area contributed by atoms with Crippen LogP contribution < -0.4 is 15.0 Å². The molecule has 3 rings (SSSR count). The van der Waals surface area contributed by atoms with Crippen LogP contribution in [0.25, 0.3) is 0 Å². The Hall–Kier alpha value is -2.82. The summed E-state index contributed by atoms with van der Waals surface area (Å²) in [5, 5.41) is 2.88. The number of aryl methyl sites for hydroxylation is 1. The first-order chi connectivity index (χ1) is 11.0. The van der Waals surface area contributed by atoms with E-state index >= 15 is 0 Å². The Morgan fingerprint density at radius 1 is 1.22 bits per heavy atom. The minimum absolute atomic E-state index is 0.0625. The van der Waals surface area contributed by atoms with E-state index in [0.717, 1.165) is 16.8 Å². The Morgan fingerprint density at radius 2 is 1.96 bits per heavy atom. The summed E-state index contributed by atoms with van der Waals surface area (Å²) in [7, 11) is 1.72. The van der Waals surface area contributed by atoms with Crippen LogP contribution in [-0.2, 0) is 11.3 Å². The number of ether oxygens (including phenoxy) is 1. The van der Waals surface area contributed by atoms with Gasteiger partial charge in [-0.25, -0.2) is 0 Å². The van der Waals surface area contributed by atoms with Gasteiger partial charge in [0.25, 0.3) is 11.8 Å². The first-order valence-corrected chi connectivity index (χ1v) is 7.42. The smallest absolute Gasteiger partial charge is 0.264 e. The minimum Gasteiger partial charge on any atom is -0.482 e. The Bertz CT molecular complexity index is 753. The maximum absolute atomic E-state index is 12.1. The zero-order chi connectivity index (χ0) is 16.4. The van der Waals surface area contributed by atoms with E-state index in [-0.39, 0.29) is 18.4 Å². The number of amides is 2. The van der Waals surface area contributed by atoms with E-state index in [1.807, 2.05) is 37.3 Å². The SMILES string of the molecule is Cc1ccc(C(=O)NCc2ccc3c(c2)N(C)C(=O)CO3)cc1. The van der Waals surface area contributed by atoms with Gasteiger partial charge in [-0.3, -0.25) is 9.59 Å². The van der Waals surface area contributed by atoms with Crippen LogP contribution in [0.5, 0.6) is 5.75 Å². The van der Waals surface area contributed by atoms with E-state index in [1.54, 1.807) is 24.1 Å². The van der Waals surface area contributed by atoms with Crippen LogP contribution in [0.3, 0.4) is 0 Å². The molecule has 0 saturated heterocycles. The van der Waals surface area contributed by atoms with Crippen molar-refractivity contribution in [1.29, 1.82) is 0 Å². The number of carbonyl (C=O) groups excluding carboxylic acids is 2. The fourth-order valence-electron chi connectivity index (χ4n) is 2.42. The number of rotatable bonds is 3. The van der Waals surface area contributed by atoms with E-state index in [9.17, 15) is 9.59 Å². The molecule has 2 amide bonds. The number of fused-ring (bicyclic) bond motifs is 1. The van der Waals surface area contributed by atoms with Crippen molar-refractivity contribution in [2.75, 3.05) is 18.6 Å². The second kappa shape index (κ2) is 6.12. The lowest BCUT2D eigenvalue weighted by molar-refractivity contribution is -0.120. The predicted octanol–water partition coefficient (Wildman–Crippen LogP) is 2.28. The van der Waals surface area contributed by atoms with Crippen LogP contribution in [0.4, 0.5) is 5.69 Å². The number of hydrogen-bond acceptors (Lipinski definition) is 3. The van der Waals surface area contributed by atoms with Crippen molar-refractivity contribution in [3.63, 3.8) is 0 Å². The number of likely N-dealkylation sites (N-methyl/N-ethyl adjacent to an activating group) is 1. The van der Waals surface area contributed by atoms with Crippen molar-refractivity contribution < 1.29 is 14.3 Å². The van der Waals surface area contributed by atoms with Gasteiger partial charge in [-0.15, -0.1) is 0 Å². The molecule has 5 heteroatoms. The maximum Gasteiger partial charge on any atom is 0.264 e. The molecule has 2 aromatic rings. The highest BCUT2D eigenvalue weighted by Gasteiger charge is 2.22. The third kappa shape index (κ3) is 3.18. The van der Waals surface area contributed by atoms with Gasteiger partial charge >= 0.3 is 0 Å². The summed E-state index contributed by atoms with van der Waals surface area (Å²) in [6.07, 6.45) is 0. The van der Waals surface area contributed by atoms with E-state index in [1.165, 1.54) is 0 Å². The Labute approximate surface area is 134 Å². The number of benzene rings is 2. The molecular formula is C18H18N2O3. The fraction of sp³-hybridized carbons (Fsp3) is 0.222. The third-order valence-corrected chi connectivity index (χ3v) is 3.88. The lowest BCUT2D eigenvalue weighted by Crippen LogP contribution is -2.35. The second-order valence-corrected chi connectivity index (χ2v) is 5.59. The molecule has 5 nitrogen and oxygen atoms in total. The van der Waals surface area contributed by atoms with Crippen molar-refractivity contribution in [2.24, 2.45) is 0 Å². The number of hydrogen-bond donors (Lipinski definition) is 1. The van der Waals surface area contributed by atoms with Gasteiger partial charge in [0.1, 0.15) is 5.75 Å². The van der Waals surface area contributed by atoms with Gasteiger partial charge in [0.05, 0.1) is 5.69 Å². The molecule has 0 fully saturated rings. The van der Waals surface area contributed by atoms with Gasteiger partial charge in [0, 0.05) is 19.2 Å². The van der Waals surface area contributed by atoms with Gasteiger partial charge in [0.15, 0.2) is 6.61 Å². The molecule has 1 aliphatic heterocycles. The first-order valence-electron chi connectivity index (χ1n) is 7.42. The molecule has 0 spiro atoms. The quantitative estimate of drug-likeness (QED) is 0.946. The third-order valence-electron chi connectivity index (χ3n) is 3.88. The minimum atomic E-state index is -0.122. The summed E-state index contributed by atoms with van der Waals surface area (Å²) in [5.74, 6) is 0.474. The topological polar surface area (TPSA) is 58.6 Å². The standard InChI is InChI=1S/C18H18N2O3/c1-12-3-6-14(7-4-12)18(22)19-10-13-5-8-16-15(9-13)20(2)17(21)11-23-16/h3-9H,10-11H2,1-2H3,(H,19,22). The molecule has 0 atom stereocenters. The highest BCUT2D eigenvalue weighted by Crippen LogP contribution is 2.31. The highest BCUT2D eigenvalue weighted by atomic mass is 16.5. The van der Waals surface area contributed by atoms with Crippen molar-refractivity contribution in [1.82, 2.24) is 5.32 Å². The molecule has 0 saturated carbocycles. The van der Waals surface area contributed by atoms with Gasteiger partial charge in [-0.2, -0.15) is 0 Å². The molecule has 1 aliphatic rings. The van der Waals surface area contributed by atoms with Crippen LogP contribution in [0.1, 0.15) is 21.5 Å². The Kier molecular flexibility index (Phi) is 4.02. The van der Waals surface area contributed by atoms with E-state index < -0.39 is 0 Å². The normalized spacial score (nSPS) is 13.3. The van der Waals surface area contributed by atoms with Crippen molar-refractivity contribution in [3.05, 3.63) is 59.2 Å². The fourth-order valence-corrected chi connectivity index (χ4v) is 2.42. The zero-order valence-corrected chi connectivity index (χ0v) is 13.1. The predicted molar refractivity (Wildman–Crippen MR) is 87.7 cm³/mol. The molecule has 0 aliphatic carbocycles. The number of anilines is 1. The zero-order valence-electron chi connectivity index (χ0n) is 13.1. The summed E-state index contributed by atoms with van der Waals surface area (Å²) in [6, 6.07) is 13.0. The molecule has 0 bridgehead atoms. The molecule has 1 N–H and O–H groups in total. The second-order valence-electron chi connectivity index (χ2n) is 5.59. The average Bonchev–Trinajstić information content (AvgIpc) is 2.57. The Balaban J connectivity index is 1.70. The number of nitrogens with one attached hydrogen (secondary N) is 1. The van der Waals surface area contributed by atoms with Crippen molar-refractivity contribution >= 4 is 17.5 Å². The molecular weight excluding hydrogens is 292 g/mol. The summed E-state index contributed by atoms with van der Waals surface area (Å²) in [6.45, 7) is 2.43. The molecule has 2 aromatic carbocycles. The van der Waals surface area contributed by atoms with Crippen LogP contribution in [0.15, 0.2) is 42.5 Å². The van der Waals surface area contributed by atoms with Crippen LogP contribution >= 0.6 is 0 Å². The summed E-state index contributed by atoms with van der Waals surface area (Å²) < 4.78 is 5.39. The van der Waals surface area contributed by atoms with E-state index in [4.69, 9.17) is 4.74 Å². The number of carbonyl (C=O) groups is 2. The molecule has 0 unspecified atom stereocenters. The highest BCUT2D eigenvalue weighted by molar-refractivity contribution is 5.97. The molecule has 23 heavy (non-hydrogen) atoms. The van der Waals surface area contributed by atoms with E-state index in [2.05, 4.69) is 5.32 Å². The summed E-state index contributed by atoms with van der Waals surface area (Å²) >= 11 is 0. The summed E-state index contributed by atoms with van der Waals surface area (Å²) in [4.78, 5) is 25.4. The van der Waals surface area contributed by atoms with E-state index in [0.29, 0.717) is 17.9 Å². The Morgan fingerprint density at radius 3 is 2.70 bits per heavy atom. The largest absolute Gasteiger partial charge is 0.482 e. The van der Waals surface area contributed by atoms with Gasteiger partial charge in [-0.1, -0.05) is 23.8 Å². The van der Waals surface area contributed by atoms with Gasteiger partial charge < -0.3 is 15.0 Å². The molecule has 1 heterocycles. The van der Waals surface area contributed by atoms with Crippen molar-refractivity contribution in [2.45, 2.75) is 13.5 Å². The molecule has 0 aromatic heterocycles.